The molecular formula is C18H29N3. The summed E-state index contributed by atoms with van der Waals surface area (Å²) in [6.45, 7) is 7.72. The summed E-state index contributed by atoms with van der Waals surface area (Å²) >= 11 is 0. The van der Waals surface area contributed by atoms with Gasteiger partial charge >= 0.3 is 0 Å². The molecule has 1 aromatic rings. The average Bonchev–Trinajstić information content (AvgIpc) is 3.29. The van der Waals surface area contributed by atoms with Crippen molar-refractivity contribution in [2.45, 2.75) is 77.8 Å². The van der Waals surface area contributed by atoms with E-state index in [1.807, 2.05) is 0 Å². The Kier molecular flexibility index (Phi) is 4.58. The van der Waals surface area contributed by atoms with Crippen LogP contribution in [0.3, 0.4) is 0 Å². The van der Waals surface area contributed by atoms with E-state index in [4.69, 9.17) is 9.97 Å². The zero-order valence-electron chi connectivity index (χ0n) is 13.7. The lowest BCUT2D eigenvalue weighted by atomic mass is 9.76. The topological polar surface area (TPSA) is 37.8 Å². The first-order valence-electron chi connectivity index (χ1n) is 8.69. The molecule has 0 saturated heterocycles. The molecular weight excluding hydrogens is 258 g/mol. The second kappa shape index (κ2) is 6.43. The van der Waals surface area contributed by atoms with Crippen molar-refractivity contribution in [3.63, 3.8) is 0 Å². The standard InChI is InChI=1S/C18H29N3/c1-12(2)14-4-6-15(7-5-14)18-20-13(3)10-17(21-18)11-19-16-8-9-16/h10,12,14-16,19H,4-9,11H2,1-3H3. The van der Waals surface area contributed by atoms with Gasteiger partial charge in [0, 0.05) is 24.2 Å². The minimum absolute atomic E-state index is 0.583. The highest BCUT2D eigenvalue weighted by atomic mass is 15.0. The smallest absolute Gasteiger partial charge is 0.131 e. The Balaban J connectivity index is 1.64. The van der Waals surface area contributed by atoms with Gasteiger partial charge in [0.1, 0.15) is 5.82 Å². The summed E-state index contributed by atoms with van der Waals surface area (Å²) < 4.78 is 0. The van der Waals surface area contributed by atoms with Gasteiger partial charge in [-0.3, -0.25) is 0 Å². The van der Waals surface area contributed by atoms with Crippen molar-refractivity contribution >= 4 is 0 Å². The van der Waals surface area contributed by atoms with E-state index in [1.54, 1.807) is 0 Å². The van der Waals surface area contributed by atoms with Crippen LogP contribution in [0.2, 0.25) is 0 Å². The van der Waals surface area contributed by atoms with E-state index in [0.717, 1.165) is 35.9 Å². The van der Waals surface area contributed by atoms with Crippen LogP contribution >= 0.6 is 0 Å². The van der Waals surface area contributed by atoms with E-state index in [0.29, 0.717) is 5.92 Å². The van der Waals surface area contributed by atoms with Crippen LogP contribution in [0, 0.1) is 18.8 Å². The predicted molar refractivity (Wildman–Crippen MR) is 86.2 cm³/mol. The summed E-state index contributed by atoms with van der Waals surface area (Å²) in [5.74, 6) is 3.41. The molecule has 1 aromatic heterocycles. The van der Waals surface area contributed by atoms with Gasteiger partial charge in [-0.1, -0.05) is 13.8 Å². The van der Waals surface area contributed by atoms with Gasteiger partial charge in [0.05, 0.1) is 5.69 Å². The maximum absolute atomic E-state index is 4.85. The van der Waals surface area contributed by atoms with Gasteiger partial charge in [-0.25, -0.2) is 9.97 Å². The van der Waals surface area contributed by atoms with E-state index >= 15 is 0 Å². The Morgan fingerprint density at radius 2 is 1.81 bits per heavy atom. The normalized spacial score (nSPS) is 26.3. The van der Waals surface area contributed by atoms with Gasteiger partial charge < -0.3 is 5.32 Å². The lowest BCUT2D eigenvalue weighted by molar-refractivity contribution is 0.254. The first kappa shape index (κ1) is 15.0. The summed E-state index contributed by atoms with van der Waals surface area (Å²) in [4.78, 5) is 9.58. The van der Waals surface area contributed by atoms with Crippen molar-refractivity contribution in [2.75, 3.05) is 0 Å². The third-order valence-corrected chi connectivity index (χ3v) is 5.15. The van der Waals surface area contributed by atoms with E-state index in [2.05, 4.69) is 32.2 Å². The third kappa shape index (κ3) is 4.03. The molecule has 2 fully saturated rings. The molecule has 2 aliphatic rings. The number of nitrogens with zero attached hydrogens (tertiary/aromatic N) is 2. The van der Waals surface area contributed by atoms with Crippen LogP contribution in [0.5, 0.6) is 0 Å². The SMILES string of the molecule is Cc1cc(CNC2CC2)nc(C2CCC(C(C)C)CC2)n1. The van der Waals surface area contributed by atoms with Crippen molar-refractivity contribution in [3.8, 4) is 0 Å². The minimum atomic E-state index is 0.583. The number of hydrogen-bond donors (Lipinski definition) is 1. The molecule has 1 heterocycles. The molecule has 3 nitrogen and oxygen atoms in total. The number of aromatic nitrogens is 2. The van der Waals surface area contributed by atoms with Gasteiger partial charge in [-0.15, -0.1) is 0 Å². The first-order chi connectivity index (χ1) is 10.1. The van der Waals surface area contributed by atoms with E-state index in [1.165, 1.54) is 44.2 Å². The number of aryl methyl sites for hydroxylation is 1. The van der Waals surface area contributed by atoms with Gasteiger partial charge in [0.15, 0.2) is 0 Å². The molecule has 0 unspecified atom stereocenters. The molecule has 116 valence electrons. The van der Waals surface area contributed by atoms with Gasteiger partial charge in [0.2, 0.25) is 0 Å². The maximum atomic E-state index is 4.85. The number of hydrogen-bond acceptors (Lipinski definition) is 3. The summed E-state index contributed by atoms with van der Waals surface area (Å²) in [7, 11) is 0. The van der Waals surface area contributed by atoms with Crippen molar-refractivity contribution in [2.24, 2.45) is 11.8 Å². The number of rotatable bonds is 5. The molecule has 0 bridgehead atoms. The molecule has 3 heteroatoms. The summed E-state index contributed by atoms with van der Waals surface area (Å²) in [6, 6.07) is 2.88. The quantitative estimate of drug-likeness (QED) is 0.890. The van der Waals surface area contributed by atoms with Crippen LogP contribution in [-0.2, 0) is 6.54 Å². The van der Waals surface area contributed by atoms with Crippen LogP contribution in [0.25, 0.3) is 0 Å². The Bertz CT molecular complexity index is 471. The highest BCUT2D eigenvalue weighted by molar-refractivity contribution is 5.13. The van der Waals surface area contributed by atoms with Crippen molar-refractivity contribution in [1.82, 2.24) is 15.3 Å². The van der Waals surface area contributed by atoms with Gasteiger partial charge in [-0.05, 0) is 63.4 Å². The van der Waals surface area contributed by atoms with E-state index < -0.39 is 0 Å². The van der Waals surface area contributed by atoms with E-state index in [9.17, 15) is 0 Å². The van der Waals surface area contributed by atoms with E-state index in [-0.39, 0.29) is 0 Å². The lowest BCUT2D eigenvalue weighted by Gasteiger charge is -2.30. The molecule has 3 rings (SSSR count). The van der Waals surface area contributed by atoms with Gasteiger partial charge in [0.25, 0.3) is 0 Å². The molecule has 0 atom stereocenters. The van der Waals surface area contributed by atoms with Crippen molar-refractivity contribution < 1.29 is 0 Å². The largest absolute Gasteiger partial charge is 0.308 e. The zero-order chi connectivity index (χ0) is 14.8. The second-order valence-corrected chi connectivity index (χ2v) is 7.37. The molecule has 0 aromatic carbocycles. The molecule has 2 saturated carbocycles. The van der Waals surface area contributed by atoms with Crippen LogP contribution in [0.15, 0.2) is 6.07 Å². The Labute approximate surface area is 129 Å². The fraction of sp³-hybridized carbons (Fsp3) is 0.778. The second-order valence-electron chi connectivity index (χ2n) is 7.37. The first-order valence-corrected chi connectivity index (χ1v) is 8.69. The highest BCUT2D eigenvalue weighted by Crippen LogP contribution is 2.37. The number of nitrogens with one attached hydrogen (secondary N) is 1. The molecule has 2 aliphatic carbocycles. The fourth-order valence-electron chi connectivity index (χ4n) is 3.51. The summed E-state index contributed by atoms with van der Waals surface area (Å²) in [5, 5.41) is 3.56. The van der Waals surface area contributed by atoms with Gasteiger partial charge in [-0.2, -0.15) is 0 Å². The van der Waals surface area contributed by atoms with Crippen molar-refractivity contribution in [3.05, 3.63) is 23.3 Å². The predicted octanol–water partition coefficient (Wildman–Crippen LogP) is 3.97. The molecule has 1 N–H and O–H groups in total. The third-order valence-electron chi connectivity index (χ3n) is 5.15. The monoisotopic (exact) mass is 287 g/mol. The maximum Gasteiger partial charge on any atom is 0.131 e. The highest BCUT2D eigenvalue weighted by Gasteiger charge is 2.26. The van der Waals surface area contributed by atoms with Crippen molar-refractivity contribution in [1.29, 1.82) is 0 Å². The average molecular weight is 287 g/mol. The fourth-order valence-corrected chi connectivity index (χ4v) is 3.51. The van der Waals surface area contributed by atoms with Crippen LogP contribution < -0.4 is 5.32 Å². The molecule has 0 spiro atoms. The minimum Gasteiger partial charge on any atom is -0.308 e. The Hall–Kier alpha value is -0.960. The molecule has 0 amide bonds. The molecule has 0 aliphatic heterocycles. The van der Waals surface area contributed by atoms with Crippen LogP contribution in [0.1, 0.15) is 75.5 Å². The Morgan fingerprint density at radius 1 is 1.10 bits per heavy atom. The Morgan fingerprint density at radius 3 is 2.43 bits per heavy atom. The molecule has 0 radical (unpaired) electrons. The van der Waals surface area contributed by atoms with Crippen LogP contribution in [-0.4, -0.2) is 16.0 Å². The lowest BCUT2D eigenvalue weighted by Crippen LogP contribution is -2.21. The summed E-state index contributed by atoms with van der Waals surface area (Å²) in [6.07, 6.45) is 7.88. The summed E-state index contributed by atoms with van der Waals surface area (Å²) in [5.41, 5.74) is 2.30. The van der Waals surface area contributed by atoms with Crippen LogP contribution in [0.4, 0.5) is 0 Å². The zero-order valence-corrected chi connectivity index (χ0v) is 13.7. The molecule has 21 heavy (non-hydrogen) atoms.